The highest BCUT2D eigenvalue weighted by Gasteiger charge is 2.44. The molecule has 2 aromatic heterocycles. The van der Waals surface area contributed by atoms with Gasteiger partial charge in [0.25, 0.3) is 5.91 Å². The number of anilines is 1. The lowest BCUT2D eigenvalue weighted by Gasteiger charge is -2.28. The van der Waals surface area contributed by atoms with Crippen LogP contribution in [-0.4, -0.2) is 63.1 Å². The van der Waals surface area contributed by atoms with E-state index in [9.17, 15) is 9.90 Å². The van der Waals surface area contributed by atoms with Crippen LogP contribution in [0.15, 0.2) is 18.6 Å². The Morgan fingerprint density at radius 3 is 2.65 bits per heavy atom. The average molecular weight is 357 g/mol. The second kappa shape index (κ2) is 6.54. The lowest BCUT2D eigenvalue weighted by atomic mass is 10.0. The molecule has 26 heavy (non-hydrogen) atoms. The van der Waals surface area contributed by atoms with E-state index in [1.54, 1.807) is 6.33 Å². The van der Waals surface area contributed by atoms with Crippen LogP contribution in [0.25, 0.3) is 11.0 Å². The molecule has 1 saturated heterocycles. The van der Waals surface area contributed by atoms with Crippen molar-refractivity contribution < 1.29 is 9.90 Å². The first-order valence-electron chi connectivity index (χ1n) is 9.43. The molecule has 0 bridgehead atoms. The zero-order chi connectivity index (χ0) is 18.4. The molecule has 2 aliphatic rings. The molecule has 0 radical (unpaired) electrons. The molecule has 2 fully saturated rings. The number of likely N-dealkylation sites (tertiary alicyclic amines) is 1. The molecular weight excluding hydrogens is 330 g/mol. The number of hydrogen-bond donors (Lipinski definition) is 2. The fourth-order valence-corrected chi connectivity index (χ4v) is 4.55. The van der Waals surface area contributed by atoms with E-state index in [1.807, 2.05) is 31.0 Å². The Morgan fingerprint density at radius 1 is 1.31 bits per heavy atom. The van der Waals surface area contributed by atoms with Crippen LogP contribution in [0.2, 0.25) is 0 Å². The zero-order valence-corrected chi connectivity index (χ0v) is 15.6. The Bertz CT molecular complexity index is 790. The number of aromatic amines is 1. The van der Waals surface area contributed by atoms with E-state index in [4.69, 9.17) is 0 Å². The van der Waals surface area contributed by atoms with E-state index in [0.717, 1.165) is 42.8 Å². The number of nitrogens with one attached hydrogen (secondary N) is 1. The largest absolute Gasteiger partial charge is 0.383 e. The van der Waals surface area contributed by atoms with Gasteiger partial charge in [0.1, 0.15) is 23.9 Å². The Labute approximate surface area is 153 Å². The number of aliphatic hydroxyl groups excluding tert-OH is 1. The normalized spacial score (nSPS) is 26.5. The van der Waals surface area contributed by atoms with Gasteiger partial charge in [-0.3, -0.25) is 4.79 Å². The summed E-state index contributed by atoms with van der Waals surface area (Å²) in [6.07, 6.45) is 4.73. The van der Waals surface area contributed by atoms with Gasteiger partial charge in [0, 0.05) is 32.4 Å². The van der Waals surface area contributed by atoms with E-state index < -0.39 is 6.10 Å². The lowest BCUT2D eigenvalue weighted by molar-refractivity contribution is -0.141. The maximum absolute atomic E-state index is 12.4. The summed E-state index contributed by atoms with van der Waals surface area (Å²) in [5.41, 5.74) is 0.861. The molecule has 4 atom stereocenters. The van der Waals surface area contributed by atoms with Gasteiger partial charge in [-0.2, -0.15) is 0 Å². The molecule has 140 valence electrons. The van der Waals surface area contributed by atoms with Crippen molar-refractivity contribution >= 4 is 22.8 Å². The fraction of sp³-hybridized carbons (Fsp3) is 0.632. The van der Waals surface area contributed by atoms with Crippen LogP contribution in [0.3, 0.4) is 0 Å². The predicted molar refractivity (Wildman–Crippen MR) is 99.7 cm³/mol. The maximum atomic E-state index is 12.4. The second-order valence-corrected chi connectivity index (χ2v) is 8.13. The number of aliphatic hydroxyl groups is 1. The molecule has 4 rings (SSSR count). The van der Waals surface area contributed by atoms with Crippen LogP contribution < -0.4 is 4.90 Å². The molecule has 0 unspecified atom stereocenters. The molecule has 1 aliphatic heterocycles. The van der Waals surface area contributed by atoms with Gasteiger partial charge >= 0.3 is 0 Å². The van der Waals surface area contributed by atoms with Crippen LogP contribution in [0.4, 0.5) is 5.82 Å². The number of nitrogens with zero attached hydrogens (tertiary/aromatic N) is 4. The highest BCUT2D eigenvalue weighted by Crippen LogP contribution is 2.41. The monoisotopic (exact) mass is 357 g/mol. The van der Waals surface area contributed by atoms with Crippen molar-refractivity contribution in [3.05, 3.63) is 18.6 Å². The summed E-state index contributed by atoms with van der Waals surface area (Å²) < 4.78 is 0. The van der Waals surface area contributed by atoms with Crippen molar-refractivity contribution in [3.63, 3.8) is 0 Å². The number of aromatic nitrogens is 3. The number of rotatable bonds is 4. The van der Waals surface area contributed by atoms with Crippen molar-refractivity contribution in [2.45, 2.75) is 38.8 Å². The number of amides is 1. The zero-order valence-electron chi connectivity index (χ0n) is 15.6. The van der Waals surface area contributed by atoms with Gasteiger partial charge < -0.3 is 19.9 Å². The Kier molecular flexibility index (Phi) is 4.34. The minimum atomic E-state index is -0.879. The third-order valence-corrected chi connectivity index (χ3v) is 6.14. The third kappa shape index (κ3) is 2.84. The Morgan fingerprint density at radius 2 is 2.00 bits per heavy atom. The molecule has 3 heterocycles. The fourth-order valence-electron chi connectivity index (χ4n) is 4.55. The van der Waals surface area contributed by atoms with Crippen LogP contribution in [0, 0.1) is 17.8 Å². The summed E-state index contributed by atoms with van der Waals surface area (Å²) in [6.45, 7) is 5.30. The van der Waals surface area contributed by atoms with Crippen molar-refractivity contribution in [2.24, 2.45) is 17.8 Å². The Hall–Kier alpha value is -2.15. The van der Waals surface area contributed by atoms with Gasteiger partial charge in [-0.1, -0.05) is 13.8 Å². The summed E-state index contributed by atoms with van der Waals surface area (Å²) in [6, 6.07) is 2.44. The van der Waals surface area contributed by atoms with Crippen molar-refractivity contribution in [3.8, 4) is 0 Å². The first-order chi connectivity index (χ1) is 12.5. The smallest absolute Gasteiger partial charge is 0.251 e. The summed E-state index contributed by atoms with van der Waals surface area (Å²) in [5.74, 6) is 1.83. The number of fused-ring (bicyclic) bond motifs is 2. The van der Waals surface area contributed by atoms with Gasteiger partial charge in [-0.05, 0) is 36.7 Å². The number of carbonyl (C=O) groups excluding carboxylic acids is 1. The lowest BCUT2D eigenvalue weighted by Crippen LogP contribution is -2.41. The summed E-state index contributed by atoms with van der Waals surface area (Å²) in [7, 11) is 2.10. The quantitative estimate of drug-likeness (QED) is 0.869. The first-order valence-corrected chi connectivity index (χ1v) is 9.43. The molecule has 2 aromatic rings. The predicted octanol–water partition coefficient (Wildman–Crippen LogP) is 1.65. The Balaban J connectivity index is 1.43. The summed E-state index contributed by atoms with van der Waals surface area (Å²) >= 11 is 0. The van der Waals surface area contributed by atoms with E-state index >= 15 is 0 Å². The first kappa shape index (κ1) is 17.3. The van der Waals surface area contributed by atoms with Crippen LogP contribution in [0.1, 0.15) is 26.7 Å². The van der Waals surface area contributed by atoms with Crippen LogP contribution in [0.5, 0.6) is 0 Å². The molecule has 1 aliphatic carbocycles. The highest BCUT2D eigenvalue weighted by atomic mass is 16.3. The third-order valence-electron chi connectivity index (χ3n) is 6.14. The van der Waals surface area contributed by atoms with Gasteiger partial charge in [0.05, 0.1) is 5.39 Å². The van der Waals surface area contributed by atoms with Gasteiger partial charge in [-0.15, -0.1) is 0 Å². The topological polar surface area (TPSA) is 85.3 Å². The van der Waals surface area contributed by atoms with E-state index in [2.05, 4.69) is 26.9 Å². The standard InChI is InChI=1S/C19H27N5O2/c1-11(2)16(25)19(26)24-8-12-6-14(7-13(12)9-24)23(3)18-15-4-5-20-17(15)21-10-22-18/h4-5,10-14,16,25H,6-9H2,1-3H3,(H,20,21,22)/t12-,13+,14+,16-/m1/s1. The number of carbonyl (C=O) groups is 1. The molecule has 0 aromatic carbocycles. The molecular formula is C19H27N5O2. The van der Waals surface area contributed by atoms with E-state index in [0.29, 0.717) is 17.9 Å². The van der Waals surface area contributed by atoms with E-state index in [1.165, 1.54) is 0 Å². The van der Waals surface area contributed by atoms with Gasteiger partial charge in [-0.25, -0.2) is 9.97 Å². The number of hydrogen-bond acceptors (Lipinski definition) is 5. The summed E-state index contributed by atoms with van der Waals surface area (Å²) in [5, 5.41) is 11.1. The average Bonchev–Trinajstić information content (AvgIpc) is 3.32. The van der Waals surface area contributed by atoms with Gasteiger partial charge in [0.2, 0.25) is 0 Å². The van der Waals surface area contributed by atoms with Gasteiger partial charge in [0.15, 0.2) is 0 Å². The second-order valence-electron chi connectivity index (χ2n) is 8.13. The minimum absolute atomic E-state index is 0.0386. The van der Waals surface area contributed by atoms with Crippen LogP contribution in [-0.2, 0) is 4.79 Å². The van der Waals surface area contributed by atoms with Crippen LogP contribution >= 0.6 is 0 Å². The summed E-state index contributed by atoms with van der Waals surface area (Å²) in [4.78, 5) is 28.5. The molecule has 0 spiro atoms. The van der Waals surface area contributed by atoms with E-state index in [-0.39, 0.29) is 11.8 Å². The molecule has 1 amide bonds. The van der Waals surface area contributed by atoms with Crippen molar-refractivity contribution in [1.29, 1.82) is 0 Å². The molecule has 2 N–H and O–H groups in total. The maximum Gasteiger partial charge on any atom is 0.251 e. The minimum Gasteiger partial charge on any atom is -0.383 e. The highest BCUT2D eigenvalue weighted by molar-refractivity contribution is 5.87. The molecule has 7 heteroatoms. The number of H-pyrrole nitrogens is 1. The van der Waals surface area contributed by atoms with Crippen molar-refractivity contribution in [2.75, 3.05) is 25.0 Å². The molecule has 1 saturated carbocycles. The van der Waals surface area contributed by atoms with Crippen molar-refractivity contribution in [1.82, 2.24) is 19.9 Å². The SMILES string of the molecule is CC(C)[C@@H](O)C(=O)N1C[C@H]2C[C@H](N(C)c3ncnc4[nH]ccc34)C[C@H]2C1. The molecule has 7 nitrogen and oxygen atoms in total.